The second-order valence-corrected chi connectivity index (χ2v) is 9.97. The normalized spacial score (nSPS) is 12.5. The summed E-state index contributed by atoms with van der Waals surface area (Å²) in [5, 5.41) is 11.9. The molecule has 0 aliphatic rings. The summed E-state index contributed by atoms with van der Waals surface area (Å²) in [6.07, 6.45) is 6.84. The van der Waals surface area contributed by atoms with Gasteiger partial charge in [-0.1, -0.05) is 69.2 Å². The molecule has 42 heavy (non-hydrogen) atoms. The Morgan fingerprint density at radius 2 is 1.71 bits per heavy atom. The van der Waals surface area contributed by atoms with Gasteiger partial charge in [-0.15, -0.1) is 6.58 Å². The minimum atomic E-state index is -2.80. The molecule has 1 aromatic rings. The number of benzene rings is 1. The van der Waals surface area contributed by atoms with Crippen LogP contribution < -0.4 is 10.9 Å². The predicted octanol–water partition coefficient (Wildman–Crippen LogP) is 8.95. The van der Waals surface area contributed by atoms with Crippen molar-refractivity contribution in [3.63, 3.8) is 0 Å². The van der Waals surface area contributed by atoms with E-state index in [2.05, 4.69) is 13.2 Å². The molecule has 0 aliphatic heterocycles. The van der Waals surface area contributed by atoms with Crippen LogP contribution in [0.1, 0.15) is 80.6 Å². The summed E-state index contributed by atoms with van der Waals surface area (Å²) in [5.74, 6) is 5.71. The molecule has 0 aromatic heterocycles. The summed E-state index contributed by atoms with van der Waals surface area (Å²) < 4.78 is 44.4. The highest BCUT2D eigenvalue weighted by Gasteiger charge is 2.37. The number of hydrazine groups is 1. The standard InChI is InChI=1S/C20H33F2NO2.C12H17FN2.C2H6/c1-6-12-23(13-9-8-10-18(4)16-25-5)14-11-20(24,19(21)22)15-17(3)7-2;1-4-12(9(2)3)15(14)11-7-5-10(13)6-8-11;1-2/h6,9-10,13,19,24H,1,3,7-8,11-12,14-16H2,2,4-5H3;5-8H,4,14H2,1-3H3;1-2H3/b13-9-,18-10+;;. The highest BCUT2D eigenvalue weighted by molar-refractivity contribution is 5.50. The van der Waals surface area contributed by atoms with Crippen LogP contribution in [0.15, 0.2) is 84.3 Å². The maximum absolute atomic E-state index is 13.3. The van der Waals surface area contributed by atoms with Gasteiger partial charge in [0.2, 0.25) is 0 Å². The molecular formula is C34H56F3N3O2. The number of ether oxygens (including phenoxy) is 1. The van der Waals surface area contributed by atoms with Gasteiger partial charge in [-0.2, -0.15) is 0 Å². The Morgan fingerprint density at radius 3 is 2.17 bits per heavy atom. The second kappa shape index (κ2) is 23.7. The topological polar surface area (TPSA) is 62.0 Å². The van der Waals surface area contributed by atoms with E-state index < -0.39 is 12.0 Å². The lowest BCUT2D eigenvalue weighted by Gasteiger charge is -2.30. The number of nitrogens with zero attached hydrogens (tertiary/aromatic N) is 2. The van der Waals surface area contributed by atoms with Crippen LogP contribution in [0, 0.1) is 5.82 Å². The quantitative estimate of drug-likeness (QED) is 0.107. The van der Waals surface area contributed by atoms with Crippen LogP contribution >= 0.6 is 0 Å². The number of nitrogens with two attached hydrogens (primary N) is 1. The molecule has 0 fully saturated rings. The van der Waals surface area contributed by atoms with Crippen molar-refractivity contribution >= 4 is 5.69 Å². The smallest absolute Gasteiger partial charge is 0.267 e. The van der Waals surface area contributed by atoms with Crippen molar-refractivity contribution < 1.29 is 23.0 Å². The first-order chi connectivity index (χ1) is 19.8. The summed E-state index contributed by atoms with van der Waals surface area (Å²) in [6, 6.07) is 6.17. The summed E-state index contributed by atoms with van der Waals surface area (Å²) in [5.41, 5.74) is 2.76. The monoisotopic (exact) mass is 595 g/mol. The zero-order valence-corrected chi connectivity index (χ0v) is 27.2. The van der Waals surface area contributed by atoms with E-state index in [0.717, 1.165) is 29.8 Å². The largest absolute Gasteiger partial charge is 0.384 e. The van der Waals surface area contributed by atoms with Crippen LogP contribution in [0.25, 0.3) is 0 Å². The first kappa shape index (κ1) is 41.3. The molecule has 0 spiro atoms. The van der Waals surface area contributed by atoms with Gasteiger partial charge < -0.3 is 14.7 Å². The van der Waals surface area contributed by atoms with Gasteiger partial charge in [-0.25, -0.2) is 19.0 Å². The minimum absolute atomic E-state index is 0.0274. The zero-order valence-electron chi connectivity index (χ0n) is 27.2. The third kappa shape index (κ3) is 17.2. The molecule has 1 unspecified atom stereocenters. The maximum atomic E-state index is 13.3. The summed E-state index contributed by atoms with van der Waals surface area (Å²) in [7, 11) is 1.65. The number of rotatable bonds is 17. The zero-order chi connectivity index (χ0) is 32.7. The Balaban J connectivity index is 0. The molecule has 0 bridgehead atoms. The number of aliphatic hydroxyl groups is 1. The van der Waals surface area contributed by atoms with Crippen LogP contribution in [0.4, 0.5) is 18.9 Å². The highest BCUT2D eigenvalue weighted by Crippen LogP contribution is 2.28. The SMILES string of the molecule is C=CCN(/C=C\C/C=C(\C)COC)CCC(O)(CC(=C)CC)C(F)F.CC.CCC(=C(C)C)N(N)c1ccc(F)cc1. The fraction of sp³-hybridized carbons (Fsp3) is 0.529. The van der Waals surface area contributed by atoms with Crippen LogP contribution in [-0.4, -0.2) is 48.8 Å². The van der Waals surface area contributed by atoms with Gasteiger partial charge >= 0.3 is 0 Å². The van der Waals surface area contributed by atoms with Crippen LogP contribution in [0.2, 0.25) is 0 Å². The molecular weight excluding hydrogens is 539 g/mol. The van der Waals surface area contributed by atoms with Gasteiger partial charge in [0, 0.05) is 32.3 Å². The van der Waals surface area contributed by atoms with E-state index in [4.69, 9.17) is 10.6 Å². The van der Waals surface area contributed by atoms with Gasteiger partial charge in [0.05, 0.1) is 12.3 Å². The molecule has 3 N–H and O–H groups in total. The molecule has 0 radical (unpaired) electrons. The van der Waals surface area contributed by atoms with Crippen molar-refractivity contribution in [2.75, 3.05) is 31.8 Å². The van der Waals surface area contributed by atoms with E-state index in [-0.39, 0.29) is 18.7 Å². The molecule has 5 nitrogen and oxygen atoms in total. The van der Waals surface area contributed by atoms with Crippen LogP contribution in [-0.2, 0) is 4.74 Å². The fourth-order valence-corrected chi connectivity index (χ4v) is 3.85. The number of halogens is 3. The minimum Gasteiger partial charge on any atom is -0.384 e. The van der Waals surface area contributed by atoms with Crippen LogP contribution in [0.5, 0.6) is 0 Å². The predicted molar refractivity (Wildman–Crippen MR) is 174 cm³/mol. The third-order valence-corrected chi connectivity index (χ3v) is 6.26. The molecule has 1 rings (SSSR count). The van der Waals surface area contributed by atoms with Crippen molar-refractivity contribution in [1.82, 2.24) is 4.90 Å². The van der Waals surface area contributed by atoms with Crippen LogP contribution in [0.3, 0.4) is 0 Å². The number of methoxy groups -OCH3 is 1. The molecule has 8 heteroatoms. The van der Waals surface area contributed by atoms with Gasteiger partial charge in [-0.3, -0.25) is 5.01 Å². The number of anilines is 1. The van der Waals surface area contributed by atoms with E-state index >= 15 is 0 Å². The second-order valence-electron chi connectivity index (χ2n) is 9.97. The Labute approximate surface area is 253 Å². The lowest BCUT2D eigenvalue weighted by Crippen LogP contribution is -2.40. The Bertz CT molecular complexity index is 971. The molecule has 0 heterocycles. The summed E-state index contributed by atoms with van der Waals surface area (Å²) in [6.45, 7) is 22.8. The van der Waals surface area contributed by atoms with E-state index in [1.165, 1.54) is 17.7 Å². The van der Waals surface area contributed by atoms with Crippen molar-refractivity contribution in [3.8, 4) is 0 Å². The number of alkyl halides is 2. The first-order valence-electron chi connectivity index (χ1n) is 14.6. The average Bonchev–Trinajstić information content (AvgIpc) is 2.95. The molecule has 1 atom stereocenters. The van der Waals surface area contributed by atoms with E-state index in [1.54, 1.807) is 30.3 Å². The number of hydrogen-bond donors (Lipinski definition) is 2. The van der Waals surface area contributed by atoms with E-state index in [0.29, 0.717) is 31.7 Å². The van der Waals surface area contributed by atoms with Gasteiger partial charge in [-0.05, 0) is 76.9 Å². The third-order valence-electron chi connectivity index (χ3n) is 6.26. The van der Waals surface area contributed by atoms with Gasteiger partial charge in [0.1, 0.15) is 11.4 Å². The number of hydrogen-bond acceptors (Lipinski definition) is 5. The molecule has 0 saturated carbocycles. The van der Waals surface area contributed by atoms with E-state index in [1.807, 2.05) is 71.7 Å². The lowest BCUT2D eigenvalue weighted by molar-refractivity contribution is -0.102. The van der Waals surface area contributed by atoms with Crippen molar-refractivity contribution in [2.24, 2.45) is 5.84 Å². The maximum Gasteiger partial charge on any atom is 0.267 e. The van der Waals surface area contributed by atoms with Crippen molar-refractivity contribution in [2.45, 2.75) is 92.6 Å². The van der Waals surface area contributed by atoms with E-state index in [9.17, 15) is 18.3 Å². The molecule has 0 saturated heterocycles. The molecule has 1 aromatic carbocycles. The van der Waals surface area contributed by atoms with Gasteiger partial charge in [0.25, 0.3) is 6.43 Å². The fourth-order valence-electron chi connectivity index (χ4n) is 3.85. The molecule has 0 amide bonds. The molecule has 240 valence electrons. The number of allylic oxidation sites excluding steroid dienone is 4. The molecule has 0 aliphatic carbocycles. The van der Waals surface area contributed by atoms with Crippen molar-refractivity contribution in [3.05, 3.63) is 90.1 Å². The Kier molecular flexibility index (Phi) is 23.3. The average molecular weight is 596 g/mol. The highest BCUT2D eigenvalue weighted by atomic mass is 19.3. The Hall–Kier alpha value is -2.81. The van der Waals surface area contributed by atoms with Crippen molar-refractivity contribution in [1.29, 1.82) is 0 Å². The lowest BCUT2D eigenvalue weighted by atomic mass is 9.91. The first-order valence-corrected chi connectivity index (χ1v) is 14.6. The summed E-state index contributed by atoms with van der Waals surface area (Å²) in [4.78, 5) is 1.87. The Morgan fingerprint density at radius 1 is 1.12 bits per heavy atom. The summed E-state index contributed by atoms with van der Waals surface area (Å²) >= 11 is 0. The van der Waals surface area contributed by atoms with Gasteiger partial charge in [0.15, 0.2) is 0 Å².